The molecule has 3 aliphatic heterocycles. The summed E-state index contributed by atoms with van der Waals surface area (Å²) in [5, 5.41) is 11.9. The standard InChI is InChI=1S/C24H47NO/c1-3-5-7-9-11-13-15-24(26,16-14-12-10-8-6-4-2)23-17-20-25(21-18-23)22-19-23/h26H,3-22H2,1-2H3. The molecule has 3 heterocycles. The quantitative estimate of drug-likeness (QED) is 0.326. The van der Waals surface area contributed by atoms with Crippen molar-refractivity contribution in [2.75, 3.05) is 19.6 Å². The molecule has 3 saturated heterocycles. The molecule has 0 aromatic carbocycles. The molecule has 3 aliphatic rings. The second kappa shape index (κ2) is 11.7. The van der Waals surface area contributed by atoms with Crippen molar-refractivity contribution in [1.29, 1.82) is 0 Å². The van der Waals surface area contributed by atoms with Gasteiger partial charge in [0.1, 0.15) is 0 Å². The van der Waals surface area contributed by atoms with Crippen molar-refractivity contribution >= 4 is 0 Å². The molecule has 0 saturated carbocycles. The molecule has 0 atom stereocenters. The van der Waals surface area contributed by atoms with Crippen LogP contribution in [-0.4, -0.2) is 35.2 Å². The molecule has 2 heteroatoms. The first-order valence-electron chi connectivity index (χ1n) is 12.1. The fraction of sp³-hybridized carbons (Fsp3) is 1.00. The first-order valence-corrected chi connectivity index (χ1v) is 12.1. The summed E-state index contributed by atoms with van der Waals surface area (Å²) in [6.45, 7) is 8.27. The third kappa shape index (κ3) is 6.23. The maximum Gasteiger partial charge on any atom is 0.0705 e. The normalized spacial score (nSPS) is 25.7. The summed E-state index contributed by atoms with van der Waals surface area (Å²) in [7, 11) is 0. The van der Waals surface area contributed by atoms with Crippen LogP contribution in [0.4, 0.5) is 0 Å². The number of hydrogen-bond acceptors (Lipinski definition) is 2. The Morgan fingerprint density at radius 3 is 1.46 bits per heavy atom. The topological polar surface area (TPSA) is 23.5 Å². The molecule has 0 unspecified atom stereocenters. The van der Waals surface area contributed by atoms with Crippen LogP contribution < -0.4 is 0 Å². The maximum absolute atomic E-state index is 11.9. The molecule has 3 fully saturated rings. The van der Waals surface area contributed by atoms with Crippen molar-refractivity contribution in [2.45, 2.75) is 129 Å². The van der Waals surface area contributed by atoms with Crippen molar-refractivity contribution in [1.82, 2.24) is 4.90 Å². The molecule has 0 aliphatic carbocycles. The minimum absolute atomic E-state index is 0.245. The molecule has 0 aromatic rings. The highest BCUT2D eigenvalue weighted by molar-refractivity contribution is 5.04. The lowest BCUT2D eigenvalue weighted by Crippen LogP contribution is -2.59. The van der Waals surface area contributed by atoms with Gasteiger partial charge in [0.15, 0.2) is 0 Å². The first kappa shape index (κ1) is 22.2. The Kier molecular flexibility index (Phi) is 9.99. The number of fused-ring (bicyclic) bond motifs is 3. The van der Waals surface area contributed by atoms with Crippen LogP contribution in [0.5, 0.6) is 0 Å². The van der Waals surface area contributed by atoms with Crippen LogP contribution in [0.15, 0.2) is 0 Å². The van der Waals surface area contributed by atoms with Gasteiger partial charge in [-0.1, -0.05) is 90.9 Å². The van der Waals surface area contributed by atoms with Gasteiger partial charge in [-0.3, -0.25) is 0 Å². The highest BCUT2D eigenvalue weighted by Crippen LogP contribution is 2.52. The predicted octanol–water partition coefficient (Wildman–Crippen LogP) is 6.70. The Bertz CT molecular complexity index is 329. The molecule has 0 radical (unpaired) electrons. The molecule has 3 rings (SSSR count). The van der Waals surface area contributed by atoms with Gasteiger partial charge < -0.3 is 10.0 Å². The summed E-state index contributed by atoms with van der Waals surface area (Å²) in [6.07, 6.45) is 21.9. The average Bonchev–Trinajstić information content (AvgIpc) is 2.69. The fourth-order valence-corrected chi connectivity index (χ4v) is 5.58. The highest BCUT2D eigenvalue weighted by atomic mass is 16.3. The number of nitrogens with zero attached hydrogens (tertiary/aromatic N) is 1. The molecule has 0 spiro atoms. The second-order valence-electron chi connectivity index (χ2n) is 9.44. The van der Waals surface area contributed by atoms with Gasteiger partial charge >= 0.3 is 0 Å². The number of piperidine rings is 3. The Labute approximate surface area is 164 Å². The lowest BCUT2D eigenvalue weighted by Gasteiger charge is -2.56. The monoisotopic (exact) mass is 365 g/mol. The predicted molar refractivity (Wildman–Crippen MR) is 114 cm³/mol. The fourth-order valence-electron chi connectivity index (χ4n) is 5.58. The largest absolute Gasteiger partial charge is 0.389 e. The Hall–Kier alpha value is -0.0800. The zero-order chi connectivity index (χ0) is 18.7. The number of rotatable bonds is 15. The average molecular weight is 366 g/mol. The Morgan fingerprint density at radius 1 is 0.654 bits per heavy atom. The summed E-state index contributed by atoms with van der Waals surface area (Å²) in [4.78, 5) is 2.61. The zero-order valence-corrected chi connectivity index (χ0v) is 18.0. The molecule has 2 nitrogen and oxygen atoms in total. The van der Waals surface area contributed by atoms with E-state index in [9.17, 15) is 5.11 Å². The van der Waals surface area contributed by atoms with E-state index in [1.165, 1.54) is 116 Å². The van der Waals surface area contributed by atoms with E-state index < -0.39 is 0 Å². The molecule has 0 aromatic heterocycles. The summed E-state index contributed by atoms with van der Waals surface area (Å²) >= 11 is 0. The number of unbranched alkanes of at least 4 members (excludes halogenated alkanes) is 10. The van der Waals surface area contributed by atoms with Crippen molar-refractivity contribution < 1.29 is 5.11 Å². The molecule has 26 heavy (non-hydrogen) atoms. The van der Waals surface area contributed by atoms with E-state index in [0.717, 1.165) is 12.8 Å². The summed E-state index contributed by atoms with van der Waals surface area (Å²) in [5.41, 5.74) is -0.135. The van der Waals surface area contributed by atoms with Gasteiger partial charge in [0.25, 0.3) is 0 Å². The second-order valence-corrected chi connectivity index (χ2v) is 9.44. The summed E-state index contributed by atoms with van der Waals surface area (Å²) in [5.74, 6) is 0. The lowest BCUT2D eigenvalue weighted by molar-refractivity contribution is -0.153. The molecule has 154 valence electrons. The SMILES string of the molecule is CCCCCCCCC(O)(CCCCCCCC)C12CCN(CC1)CC2. The van der Waals surface area contributed by atoms with Crippen LogP contribution in [0.3, 0.4) is 0 Å². The lowest BCUT2D eigenvalue weighted by atomic mass is 9.58. The van der Waals surface area contributed by atoms with Gasteiger partial charge in [-0.2, -0.15) is 0 Å². The van der Waals surface area contributed by atoms with E-state index in [1.54, 1.807) is 0 Å². The zero-order valence-electron chi connectivity index (χ0n) is 18.0. The minimum Gasteiger partial charge on any atom is -0.389 e. The van der Waals surface area contributed by atoms with Crippen LogP contribution in [0.2, 0.25) is 0 Å². The van der Waals surface area contributed by atoms with E-state index in [1.807, 2.05) is 0 Å². The highest BCUT2D eigenvalue weighted by Gasteiger charge is 2.52. The third-order valence-electron chi connectivity index (χ3n) is 7.59. The first-order chi connectivity index (χ1) is 12.7. The van der Waals surface area contributed by atoms with E-state index in [2.05, 4.69) is 18.7 Å². The van der Waals surface area contributed by atoms with E-state index in [-0.39, 0.29) is 11.0 Å². The van der Waals surface area contributed by atoms with Gasteiger partial charge in [-0.15, -0.1) is 0 Å². The maximum atomic E-state index is 11.9. The molecular weight excluding hydrogens is 318 g/mol. The van der Waals surface area contributed by atoms with Crippen LogP contribution in [-0.2, 0) is 0 Å². The van der Waals surface area contributed by atoms with E-state index in [0.29, 0.717) is 0 Å². The smallest absolute Gasteiger partial charge is 0.0705 e. The number of aliphatic hydroxyl groups is 1. The van der Waals surface area contributed by atoms with Crippen molar-refractivity contribution in [3.8, 4) is 0 Å². The third-order valence-corrected chi connectivity index (χ3v) is 7.59. The van der Waals surface area contributed by atoms with Crippen LogP contribution in [0.1, 0.15) is 123 Å². The van der Waals surface area contributed by atoms with E-state index in [4.69, 9.17) is 0 Å². The van der Waals surface area contributed by atoms with Crippen LogP contribution >= 0.6 is 0 Å². The van der Waals surface area contributed by atoms with Gasteiger partial charge in [-0.05, 0) is 51.7 Å². The number of hydrogen-bond donors (Lipinski definition) is 1. The van der Waals surface area contributed by atoms with Crippen molar-refractivity contribution in [3.05, 3.63) is 0 Å². The van der Waals surface area contributed by atoms with E-state index >= 15 is 0 Å². The molecule has 2 bridgehead atoms. The minimum atomic E-state index is -0.380. The summed E-state index contributed by atoms with van der Waals surface area (Å²) in [6, 6.07) is 0. The van der Waals surface area contributed by atoms with Crippen molar-refractivity contribution in [2.24, 2.45) is 5.41 Å². The summed E-state index contributed by atoms with van der Waals surface area (Å²) < 4.78 is 0. The van der Waals surface area contributed by atoms with Gasteiger partial charge in [0.2, 0.25) is 0 Å². The Balaban J connectivity index is 1.83. The van der Waals surface area contributed by atoms with Crippen LogP contribution in [0, 0.1) is 5.41 Å². The Morgan fingerprint density at radius 2 is 1.04 bits per heavy atom. The molecule has 0 amide bonds. The van der Waals surface area contributed by atoms with Crippen LogP contribution in [0.25, 0.3) is 0 Å². The van der Waals surface area contributed by atoms with Gasteiger partial charge in [0, 0.05) is 5.41 Å². The van der Waals surface area contributed by atoms with Gasteiger partial charge in [0.05, 0.1) is 5.60 Å². The molecular formula is C24H47NO. The van der Waals surface area contributed by atoms with Gasteiger partial charge in [-0.25, -0.2) is 0 Å². The van der Waals surface area contributed by atoms with Crippen molar-refractivity contribution in [3.63, 3.8) is 0 Å². The molecule has 1 N–H and O–H groups in total.